The summed E-state index contributed by atoms with van der Waals surface area (Å²) in [5.74, 6) is -0.888. The molecule has 0 spiro atoms. The maximum Gasteiger partial charge on any atom is 0.357 e. The number of hydrogen-bond acceptors (Lipinski definition) is 4. The number of nitrogens with zero attached hydrogens (tertiary/aromatic N) is 1. The van der Waals surface area contributed by atoms with Gasteiger partial charge in [0.2, 0.25) is 0 Å². The lowest BCUT2D eigenvalue weighted by Crippen LogP contribution is -2.34. The monoisotopic (exact) mass is 310 g/mol. The zero-order chi connectivity index (χ0) is 16.1. The van der Waals surface area contributed by atoms with Gasteiger partial charge in [-0.15, -0.1) is 0 Å². The Kier molecular flexibility index (Phi) is 4.66. The molecule has 1 N–H and O–H groups in total. The molecule has 1 unspecified atom stereocenters. The summed E-state index contributed by atoms with van der Waals surface area (Å²) in [5, 5.41) is 2.95. The fourth-order valence-corrected chi connectivity index (χ4v) is 2.83. The number of esters is 1. The summed E-state index contributed by atoms with van der Waals surface area (Å²) >= 11 is 0. The molecule has 1 aromatic carbocycles. The molecule has 0 bridgehead atoms. The van der Waals surface area contributed by atoms with Crippen molar-refractivity contribution in [2.75, 3.05) is 6.61 Å². The number of rotatable bonds is 4. The Balaban J connectivity index is 1.55. The zero-order valence-electron chi connectivity index (χ0n) is 12.7. The van der Waals surface area contributed by atoms with E-state index in [1.54, 1.807) is 18.2 Å². The molecule has 1 amide bonds. The van der Waals surface area contributed by atoms with E-state index in [2.05, 4.69) is 16.4 Å². The van der Waals surface area contributed by atoms with Crippen molar-refractivity contribution >= 4 is 11.9 Å². The molecule has 0 saturated heterocycles. The van der Waals surface area contributed by atoms with Crippen LogP contribution in [0.4, 0.5) is 0 Å². The van der Waals surface area contributed by atoms with Crippen LogP contribution in [-0.2, 0) is 16.0 Å². The van der Waals surface area contributed by atoms with Gasteiger partial charge >= 0.3 is 5.97 Å². The van der Waals surface area contributed by atoms with Crippen LogP contribution in [0.25, 0.3) is 0 Å². The molecule has 0 fully saturated rings. The smallest absolute Gasteiger partial charge is 0.357 e. The van der Waals surface area contributed by atoms with Crippen molar-refractivity contribution in [3.63, 3.8) is 0 Å². The van der Waals surface area contributed by atoms with Gasteiger partial charge in [-0.2, -0.15) is 0 Å². The highest BCUT2D eigenvalue weighted by atomic mass is 16.5. The van der Waals surface area contributed by atoms with Gasteiger partial charge in [-0.05, 0) is 42.5 Å². The number of ether oxygens (including phenoxy) is 1. The molecule has 1 aliphatic carbocycles. The highest BCUT2D eigenvalue weighted by Crippen LogP contribution is 2.29. The quantitative estimate of drug-likeness (QED) is 0.881. The average Bonchev–Trinajstić information content (AvgIpc) is 2.61. The average molecular weight is 310 g/mol. The van der Waals surface area contributed by atoms with E-state index in [-0.39, 0.29) is 24.2 Å². The number of benzene rings is 1. The third kappa shape index (κ3) is 3.74. The number of aromatic nitrogens is 1. The number of carbonyl (C=O) groups is 2. The Morgan fingerprint density at radius 2 is 2.00 bits per heavy atom. The van der Waals surface area contributed by atoms with E-state index in [4.69, 9.17) is 4.74 Å². The second-order valence-corrected chi connectivity index (χ2v) is 5.50. The van der Waals surface area contributed by atoms with Gasteiger partial charge in [0.25, 0.3) is 5.91 Å². The number of nitrogens with one attached hydrogen (secondary N) is 1. The maximum absolute atomic E-state index is 12.0. The molecule has 0 radical (unpaired) electrons. The van der Waals surface area contributed by atoms with Crippen molar-refractivity contribution in [3.8, 4) is 0 Å². The molecule has 3 rings (SSSR count). The number of hydrogen-bond donors (Lipinski definition) is 1. The first-order valence-electron chi connectivity index (χ1n) is 7.69. The summed E-state index contributed by atoms with van der Waals surface area (Å²) in [7, 11) is 0. The molecule has 2 aromatic rings. The first kappa shape index (κ1) is 15.2. The van der Waals surface area contributed by atoms with Crippen LogP contribution in [0.5, 0.6) is 0 Å². The number of carbonyl (C=O) groups excluding carboxylic acids is 2. The minimum absolute atomic E-state index is 0.0130. The van der Waals surface area contributed by atoms with Crippen LogP contribution in [0.3, 0.4) is 0 Å². The van der Waals surface area contributed by atoms with Crippen molar-refractivity contribution in [1.82, 2.24) is 10.3 Å². The van der Waals surface area contributed by atoms with E-state index >= 15 is 0 Å². The Morgan fingerprint density at radius 3 is 2.83 bits per heavy atom. The predicted octanol–water partition coefficient (Wildman–Crippen LogP) is 2.43. The van der Waals surface area contributed by atoms with E-state index in [9.17, 15) is 9.59 Å². The molecule has 1 heterocycles. The lowest BCUT2D eigenvalue weighted by Gasteiger charge is -2.26. The summed E-state index contributed by atoms with van der Waals surface area (Å²) < 4.78 is 5.01. The third-order valence-electron chi connectivity index (χ3n) is 3.91. The van der Waals surface area contributed by atoms with Crippen LogP contribution in [0.1, 0.15) is 40.5 Å². The number of pyridine rings is 1. The predicted molar refractivity (Wildman–Crippen MR) is 84.8 cm³/mol. The molecule has 1 atom stereocenters. The Bertz CT molecular complexity index is 700. The zero-order valence-corrected chi connectivity index (χ0v) is 12.7. The van der Waals surface area contributed by atoms with Crippen LogP contribution in [-0.4, -0.2) is 23.5 Å². The standard InChI is InChI=1S/C18H18N2O3/c21-17(12-23-18(22)16-9-3-4-11-19-16)20-15-10-5-7-13-6-1-2-8-14(13)15/h1-4,6,8-9,11,15H,5,7,10,12H2,(H,20,21). The highest BCUT2D eigenvalue weighted by molar-refractivity contribution is 5.89. The van der Waals surface area contributed by atoms with Crippen molar-refractivity contribution in [3.05, 3.63) is 65.5 Å². The van der Waals surface area contributed by atoms with Gasteiger partial charge in [0.1, 0.15) is 5.69 Å². The maximum atomic E-state index is 12.0. The molecule has 5 heteroatoms. The highest BCUT2D eigenvalue weighted by Gasteiger charge is 2.21. The normalized spacial score (nSPS) is 16.3. The van der Waals surface area contributed by atoms with Crippen molar-refractivity contribution < 1.29 is 14.3 Å². The van der Waals surface area contributed by atoms with Crippen molar-refractivity contribution in [1.29, 1.82) is 0 Å². The van der Waals surface area contributed by atoms with E-state index in [1.807, 2.05) is 18.2 Å². The summed E-state index contributed by atoms with van der Waals surface area (Å²) in [6, 6.07) is 13.1. The largest absolute Gasteiger partial charge is 0.451 e. The van der Waals surface area contributed by atoms with Crippen LogP contribution in [0, 0.1) is 0 Å². The Morgan fingerprint density at radius 1 is 1.17 bits per heavy atom. The van der Waals surface area contributed by atoms with Gasteiger partial charge in [0.15, 0.2) is 6.61 Å². The summed E-state index contributed by atoms with van der Waals surface area (Å²) in [5.41, 5.74) is 2.63. The van der Waals surface area contributed by atoms with Crippen molar-refractivity contribution in [2.45, 2.75) is 25.3 Å². The SMILES string of the molecule is O=C(COC(=O)c1ccccn1)NC1CCCc2ccccc21. The molecule has 0 aliphatic heterocycles. The summed E-state index contributed by atoms with van der Waals surface area (Å²) in [6.07, 6.45) is 4.49. The minimum atomic E-state index is -0.593. The molecule has 1 aromatic heterocycles. The van der Waals surface area contributed by atoms with Gasteiger partial charge in [-0.1, -0.05) is 30.3 Å². The molecular formula is C18H18N2O3. The van der Waals surface area contributed by atoms with Crippen molar-refractivity contribution in [2.24, 2.45) is 0 Å². The fourth-order valence-electron chi connectivity index (χ4n) is 2.83. The van der Waals surface area contributed by atoms with Gasteiger partial charge in [-0.25, -0.2) is 9.78 Å². The first-order chi connectivity index (χ1) is 11.2. The lowest BCUT2D eigenvalue weighted by molar-refractivity contribution is -0.125. The number of amides is 1. The molecule has 23 heavy (non-hydrogen) atoms. The Hall–Kier alpha value is -2.69. The van der Waals surface area contributed by atoms with Crippen LogP contribution in [0.2, 0.25) is 0 Å². The molecule has 0 saturated carbocycles. The molecule has 5 nitrogen and oxygen atoms in total. The number of aryl methyl sites for hydroxylation is 1. The summed E-state index contributed by atoms with van der Waals surface area (Å²) in [4.78, 5) is 27.7. The topological polar surface area (TPSA) is 68.3 Å². The fraction of sp³-hybridized carbons (Fsp3) is 0.278. The van der Waals surface area contributed by atoms with Gasteiger partial charge in [0, 0.05) is 6.20 Å². The first-order valence-corrected chi connectivity index (χ1v) is 7.69. The van der Waals surface area contributed by atoms with E-state index in [0.29, 0.717) is 0 Å². The van der Waals surface area contributed by atoms with Gasteiger partial charge in [0.05, 0.1) is 6.04 Å². The van der Waals surface area contributed by atoms with Gasteiger partial charge in [-0.3, -0.25) is 4.79 Å². The Labute approximate surface area is 134 Å². The second kappa shape index (κ2) is 7.05. The minimum Gasteiger partial charge on any atom is -0.451 e. The second-order valence-electron chi connectivity index (χ2n) is 5.50. The third-order valence-corrected chi connectivity index (χ3v) is 3.91. The molecule has 1 aliphatic rings. The number of fused-ring (bicyclic) bond motifs is 1. The summed E-state index contributed by atoms with van der Waals surface area (Å²) in [6.45, 7) is -0.298. The lowest BCUT2D eigenvalue weighted by atomic mass is 9.88. The van der Waals surface area contributed by atoms with Gasteiger partial charge < -0.3 is 10.1 Å². The molecule has 118 valence electrons. The van der Waals surface area contributed by atoms with Crippen LogP contribution in [0.15, 0.2) is 48.7 Å². The van der Waals surface area contributed by atoms with E-state index in [1.165, 1.54) is 11.8 Å². The van der Waals surface area contributed by atoms with Crippen LogP contribution < -0.4 is 5.32 Å². The van der Waals surface area contributed by atoms with E-state index in [0.717, 1.165) is 24.8 Å². The van der Waals surface area contributed by atoms with Crippen LogP contribution >= 0.6 is 0 Å². The van der Waals surface area contributed by atoms with E-state index < -0.39 is 5.97 Å². The molecular weight excluding hydrogens is 292 g/mol.